The van der Waals surface area contributed by atoms with Crippen molar-refractivity contribution in [1.82, 2.24) is 10.2 Å². The van der Waals surface area contributed by atoms with E-state index in [4.69, 9.17) is 0 Å². The maximum atomic E-state index is 12.3. The second-order valence-corrected chi connectivity index (χ2v) is 3.95. The van der Waals surface area contributed by atoms with E-state index in [-0.39, 0.29) is 11.3 Å². The number of nitrogens with zero attached hydrogens (tertiary/aromatic N) is 1. The predicted octanol–water partition coefficient (Wildman–Crippen LogP) is 2.83. The van der Waals surface area contributed by atoms with Crippen molar-refractivity contribution in [3.8, 4) is 5.75 Å². The summed E-state index contributed by atoms with van der Waals surface area (Å²) in [6, 6.07) is 5.81. The van der Waals surface area contributed by atoms with Gasteiger partial charge in [0.05, 0.1) is 11.8 Å². The van der Waals surface area contributed by atoms with Crippen LogP contribution >= 0.6 is 0 Å². The van der Waals surface area contributed by atoms with E-state index in [0.717, 1.165) is 5.56 Å². The molecule has 1 heterocycles. The van der Waals surface area contributed by atoms with E-state index in [9.17, 15) is 13.6 Å². The quantitative estimate of drug-likeness (QED) is 0.885. The molecule has 0 fully saturated rings. The first-order chi connectivity index (χ1) is 9.61. The van der Waals surface area contributed by atoms with Gasteiger partial charge in [-0.1, -0.05) is 19.1 Å². The molecule has 2 N–H and O–H groups in total. The first kappa shape index (κ1) is 14.0. The van der Waals surface area contributed by atoms with Crippen LogP contribution in [0.4, 0.5) is 14.6 Å². The number of aromatic nitrogens is 2. The summed E-state index contributed by atoms with van der Waals surface area (Å²) in [5.74, 6) is -0.262. The molecule has 1 amide bonds. The third kappa shape index (κ3) is 3.11. The number of carbonyl (C=O) groups excluding carboxylic acids is 1. The van der Waals surface area contributed by atoms with E-state index >= 15 is 0 Å². The van der Waals surface area contributed by atoms with Crippen LogP contribution in [0.15, 0.2) is 30.5 Å². The van der Waals surface area contributed by atoms with Crippen molar-refractivity contribution < 1.29 is 18.3 Å². The molecule has 0 aliphatic heterocycles. The summed E-state index contributed by atoms with van der Waals surface area (Å²) < 4.78 is 28.9. The molecule has 2 aromatic rings. The van der Waals surface area contributed by atoms with Gasteiger partial charge in [0.25, 0.3) is 5.91 Å². The average molecular weight is 281 g/mol. The van der Waals surface area contributed by atoms with Crippen LogP contribution in [0.1, 0.15) is 22.8 Å². The molecule has 0 atom stereocenters. The Morgan fingerprint density at radius 2 is 2.20 bits per heavy atom. The van der Waals surface area contributed by atoms with Crippen molar-refractivity contribution in [1.29, 1.82) is 0 Å². The van der Waals surface area contributed by atoms with Crippen LogP contribution < -0.4 is 10.1 Å². The predicted molar refractivity (Wildman–Crippen MR) is 69.0 cm³/mol. The van der Waals surface area contributed by atoms with Gasteiger partial charge in [-0.25, -0.2) is 0 Å². The standard InChI is InChI=1S/C13H13F2N3O2/c1-2-8-7-16-18-11(8)17-12(19)9-5-3-4-6-10(9)20-13(14)15/h3-7,13H,2H2,1H3,(H2,16,17,18,19). The molecule has 7 heteroatoms. The van der Waals surface area contributed by atoms with Crippen molar-refractivity contribution in [2.24, 2.45) is 0 Å². The molecule has 1 aromatic heterocycles. The van der Waals surface area contributed by atoms with Crippen LogP contribution in [0.5, 0.6) is 5.75 Å². The zero-order valence-electron chi connectivity index (χ0n) is 10.7. The van der Waals surface area contributed by atoms with Gasteiger partial charge in [0, 0.05) is 5.56 Å². The molecule has 0 aliphatic carbocycles. The highest BCUT2D eigenvalue weighted by Gasteiger charge is 2.16. The molecular weight excluding hydrogens is 268 g/mol. The van der Waals surface area contributed by atoms with E-state index in [0.29, 0.717) is 12.2 Å². The van der Waals surface area contributed by atoms with Crippen molar-refractivity contribution in [2.75, 3.05) is 5.32 Å². The van der Waals surface area contributed by atoms with Crippen LogP contribution in [-0.4, -0.2) is 22.7 Å². The van der Waals surface area contributed by atoms with Gasteiger partial charge in [0.1, 0.15) is 11.6 Å². The van der Waals surface area contributed by atoms with Crippen molar-refractivity contribution in [2.45, 2.75) is 20.0 Å². The summed E-state index contributed by atoms with van der Waals surface area (Å²) in [5, 5.41) is 9.06. The van der Waals surface area contributed by atoms with Crippen molar-refractivity contribution in [3.63, 3.8) is 0 Å². The second kappa shape index (κ2) is 6.14. The molecule has 0 saturated carbocycles. The Bertz CT molecular complexity index is 599. The number of aromatic amines is 1. The molecule has 0 unspecified atom stereocenters. The molecule has 0 aliphatic rings. The molecular formula is C13H13F2N3O2. The third-order valence-electron chi connectivity index (χ3n) is 2.69. The Hall–Kier alpha value is -2.44. The first-order valence-corrected chi connectivity index (χ1v) is 5.99. The van der Waals surface area contributed by atoms with Gasteiger partial charge in [0.15, 0.2) is 0 Å². The number of para-hydroxylation sites is 1. The lowest BCUT2D eigenvalue weighted by Crippen LogP contribution is -2.16. The number of anilines is 1. The van der Waals surface area contributed by atoms with E-state index in [1.54, 1.807) is 12.3 Å². The zero-order chi connectivity index (χ0) is 14.5. The number of hydrogen-bond acceptors (Lipinski definition) is 3. The van der Waals surface area contributed by atoms with Crippen LogP contribution in [0, 0.1) is 0 Å². The fourth-order valence-corrected chi connectivity index (χ4v) is 1.72. The molecule has 0 radical (unpaired) electrons. The number of nitrogens with one attached hydrogen (secondary N) is 2. The highest BCUT2D eigenvalue weighted by molar-refractivity contribution is 6.06. The molecule has 0 spiro atoms. The molecule has 106 valence electrons. The van der Waals surface area contributed by atoms with Gasteiger partial charge >= 0.3 is 6.61 Å². The summed E-state index contributed by atoms with van der Waals surface area (Å²) >= 11 is 0. The molecule has 5 nitrogen and oxygen atoms in total. The van der Waals surface area contributed by atoms with Gasteiger partial charge < -0.3 is 10.1 Å². The van der Waals surface area contributed by atoms with Crippen molar-refractivity contribution in [3.05, 3.63) is 41.6 Å². The molecule has 0 bridgehead atoms. The highest BCUT2D eigenvalue weighted by atomic mass is 19.3. The maximum Gasteiger partial charge on any atom is 0.387 e. The summed E-state index contributed by atoms with van der Waals surface area (Å²) in [7, 11) is 0. The van der Waals surface area contributed by atoms with Crippen molar-refractivity contribution >= 4 is 11.7 Å². The number of rotatable bonds is 5. The molecule has 1 aromatic carbocycles. The van der Waals surface area contributed by atoms with Gasteiger partial charge in [-0.05, 0) is 18.6 Å². The van der Waals surface area contributed by atoms with Gasteiger partial charge in [0.2, 0.25) is 0 Å². The lowest BCUT2D eigenvalue weighted by atomic mass is 10.2. The average Bonchev–Trinajstić information content (AvgIpc) is 2.85. The molecule has 20 heavy (non-hydrogen) atoms. The number of ether oxygens (including phenoxy) is 1. The fourth-order valence-electron chi connectivity index (χ4n) is 1.72. The Balaban J connectivity index is 2.21. The number of carbonyl (C=O) groups is 1. The molecule has 0 saturated heterocycles. The minimum Gasteiger partial charge on any atom is -0.434 e. The minimum absolute atomic E-state index is 0.0319. The summed E-state index contributed by atoms with van der Waals surface area (Å²) in [4.78, 5) is 12.1. The maximum absolute atomic E-state index is 12.3. The summed E-state index contributed by atoms with van der Waals surface area (Å²) in [6.45, 7) is -1.07. The zero-order valence-corrected chi connectivity index (χ0v) is 10.7. The number of amides is 1. The lowest BCUT2D eigenvalue weighted by Gasteiger charge is -2.10. The smallest absolute Gasteiger partial charge is 0.387 e. The normalized spacial score (nSPS) is 10.6. The topological polar surface area (TPSA) is 67.0 Å². The Kier molecular flexibility index (Phi) is 4.29. The summed E-state index contributed by atoms with van der Waals surface area (Å²) in [5.41, 5.74) is 0.857. The number of alkyl halides is 2. The van der Waals surface area contributed by atoms with E-state index < -0.39 is 12.5 Å². The van der Waals surface area contributed by atoms with E-state index in [1.165, 1.54) is 18.2 Å². The van der Waals surface area contributed by atoms with Gasteiger partial charge in [-0.2, -0.15) is 13.9 Å². The number of halogens is 2. The molecule has 2 rings (SSSR count). The van der Waals surface area contributed by atoms with E-state index in [1.807, 2.05) is 6.92 Å². The van der Waals surface area contributed by atoms with E-state index in [2.05, 4.69) is 20.3 Å². The highest BCUT2D eigenvalue weighted by Crippen LogP contribution is 2.22. The number of hydrogen-bond donors (Lipinski definition) is 2. The fraction of sp³-hybridized carbons (Fsp3) is 0.231. The Labute approximate surface area is 114 Å². The third-order valence-corrected chi connectivity index (χ3v) is 2.69. The minimum atomic E-state index is -2.98. The number of benzene rings is 1. The SMILES string of the molecule is CCc1cn[nH]c1NC(=O)c1ccccc1OC(F)F. The first-order valence-electron chi connectivity index (χ1n) is 5.99. The van der Waals surface area contributed by atoms with Gasteiger partial charge in [-0.3, -0.25) is 9.89 Å². The van der Waals surface area contributed by atoms with Crippen LogP contribution in [0.3, 0.4) is 0 Å². The lowest BCUT2D eigenvalue weighted by molar-refractivity contribution is -0.0501. The van der Waals surface area contributed by atoms with Crippen LogP contribution in [0.2, 0.25) is 0 Å². The number of H-pyrrole nitrogens is 1. The van der Waals surface area contributed by atoms with Gasteiger partial charge in [-0.15, -0.1) is 0 Å². The Morgan fingerprint density at radius 3 is 2.90 bits per heavy atom. The Morgan fingerprint density at radius 1 is 1.45 bits per heavy atom. The largest absolute Gasteiger partial charge is 0.434 e. The summed E-state index contributed by atoms with van der Waals surface area (Å²) in [6.07, 6.45) is 2.28. The second-order valence-electron chi connectivity index (χ2n) is 3.95. The van der Waals surface area contributed by atoms with Crippen LogP contribution in [-0.2, 0) is 6.42 Å². The monoisotopic (exact) mass is 281 g/mol. The van der Waals surface area contributed by atoms with Crippen LogP contribution in [0.25, 0.3) is 0 Å². The number of aryl methyl sites for hydroxylation is 1.